The molecule has 4 N–H and O–H groups in total. The van der Waals surface area contributed by atoms with Gasteiger partial charge in [-0.25, -0.2) is 13.1 Å². The molecule has 1 aliphatic carbocycles. The van der Waals surface area contributed by atoms with Gasteiger partial charge in [-0.15, -0.1) is 12.4 Å². The third-order valence-electron chi connectivity index (χ3n) is 3.74. The monoisotopic (exact) mass is 351 g/mol. The Morgan fingerprint density at radius 2 is 2.18 bits per heavy atom. The van der Waals surface area contributed by atoms with Crippen molar-refractivity contribution in [3.8, 4) is 0 Å². The van der Waals surface area contributed by atoms with Gasteiger partial charge in [0.15, 0.2) is 0 Å². The van der Waals surface area contributed by atoms with Gasteiger partial charge in [0.2, 0.25) is 15.9 Å². The molecule has 1 atom stereocenters. The van der Waals surface area contributed by atoms with Crippen LogP contribution in [0.25, 0.3) is 0 Å². The summed E-state index contributed by atoms with van der Waals surface area (Å²) in [4.78, 5) is 11.9. The van der Waals surface area contributed by atoms with E-state index in [2.05, 4.69) is 15.1 Å². The first kappa shape index (κ1) is 18.9. The molecule has 1 aromatic rings. The van der Waals surface area contributed by atoms with Crippen molar-refractivity contribution in [3.63, 3.8) is 0 Å². The zero-order valence-corrected chi connectivity index (χ0v) is 14.2. The van der Waals surface area contributed by atoms with Crippen molar-refractivity contribution < 1.29 is 13.2 Å². The van der Waals surface area contributed by atoms with E-state index in [1.54, 1.807) is 7.05 Å². The fourth-order valence-electron chi connectivity index (χ4n) is 2.18. The average Bonchev–Trinajstić information content (AvgIpc) is 3.19. The average molecular weight is 352 g/mol. The highest BCUT2D eigenvalue weighted by atomic mass is 35.5. The second-order valence-electron chi connectivity index (χ2n) is 5.62. The number of carbonyl (C=O) groups is 1. The van der Waals surface area contributed by atoms with Gasteiger partial charge in [0, 0.05) is 19.8 Å². The van der Waals surface area contributed by atoms with E-state index in [9.17, 15) is 13.2 Å². The Morgan fingerprint density at radius 1 is 1.55 bits per heavy atom. The molecule has 0 aliphatic heterocycles. The first-order valence-electron chi connectivity index (χ1n) is 6.76. The minimum atomic E-state index is -3.73. The van der Waals surface area contributed by atoms with Gasteiger partial charge < -0.3 is 11.1 Å². The van der Waals surface area contributed by atoms with Crippen LogP contribution >= 0.6 is 12.4 Å². The Bertz CT molecular complexity index is 628. The zero-order chi connectivity index (χ0) is 15.7. The van der Waals surface area contributed by atoms with Gasteiger partial charge in [-0.2, -0.15) is 5.10 Å². The second-order valence-corrected chi connectivity index (χ2v) is 7.39. The molecule has 1 aromatic heterocycles. The van der Waals surface area contributed by atoms with Crippen LogP contribution in [0.3, 0.4) is 0 Å². The van der Waals surface area contributed by atoms with Crippen molar-refractivity contribution in [2.24, 2.45) is 18.7 Å². The number of hydrogen-bond acceptors (Lipinski definition) is 5. The quantitative estimate of drug-likeness (QED) is 0.604. The molecule has 1 saturated carbocycles. The maximum absolute atomic E-state index is 12.0. The highest BCUT2D eigenvalue weighted by molar-refractivity contribution is 7.89. The predicted octanol–water partition coefficient (Wildman–Crippen LogP) is -0.636. The van der Waals surface area contributed by atoms with Crippen molar-refractivity contribution in [3.05, 3.63) is 12.4 Å². The number of amides is 1. The summed E-state index contributed by atoms with van der Waals surface area (Å²) in [5.41, 5.74) is 5.25. The van der Waals surface area contributed by atoms with Crippen molar-refractivity contribution in [1.82, 2.24) is 19.8 Å². The number of aromatic nitrogens is 2. The maximum Gasteiger partial charge on any atom is 0.244 e. The maximum atomic E-state index is 12.0. The number of nitrogens with zero attached hydrogens (tertiary/aromatic N) is 2. The minimum Gasteiger partial charge on any atom is -0.348 e. The molecule has 126 valence electrons. The SMILES string of the molecule is Cl.Cn1cc(S(=O)(=O)NCC(=O)NC(C)(CN)C2CC2)cn1. The fraction of sp³-hybridized carbons (Fsp3) is 0.667. The number of nitrogens with one attached hydrogen (secondary N) is 2. The number of rotatable bonds is 7. The highest BCUT2D eigenvalue weighted by Crippen LogP contribution is 2.38. The third-order valence-corrected chi connectivity index (χ3v) is 5.10. The van der Waals surface area contributed by atoms with E-state index in [0.29, 0.717) is 12.5 Å². The Hall–Kier alpha value is -1.16. The van der Waals surface area contributed by atoms with Crippen LogP contribution in [0.5, 0.6) is 0 Å². The summed E-state index contributed by atoms with van der Waals surface area (Å²) in [6.07, 6.45) is 4.67. The summed E-state index contributed by atoms with van der Waals surface area (Å²) in [5.74, 6) is -0.0105. The molecule has 8 nitrogen and oxygen atoms in total. The van der Waals surface area contributed by atoms with Crippen LogP contribution in [0.1, 0.15) is 19.8 Å². The zero-order valence-electron chi connectivity index (χ0n) is 12.6. The molecule has 0 aromatic carbocycles. The van der Waals surface area contributed by atoms with Crippen LogP contribution in [0.4, 0.5) is 0 Å². The molecule has 0 spiro atoms. The van der Waals surface area contributed by atoms with E-state index in [1.165, 1.54) is 17.1 Å². The first-order valence-corrected chi connectivity index (χ1v) is 8.24. The van der Waals surface area contributed by atoms with Crippen molar-refractivity contribution in [2.45, 2.75) is 30.2 Å². The van der Waals surface area contributed by atoms with Crippen LogP contribution in [-0.2, 0) is 21.9 Å². The Morgan fingerprint density at radius 3 is 2.64 bits per heavy atom. The van der Waals surface area contributed by atoms with Crippen LogP contribution in [0.2, 0.25) is 0 Å². The summed E-state index contributed by atoms with van der Waals surface area (Å²) in [6, 6.07) is 0. The topological polar surface area (TPSA) is 119 Å². The smallest absolute Gasteiger partial charge is 0.244 e. The lowest BCUT2D eigenvalue weighted by atomic mass is 9.96. The van der Waals surface area contributed by atoms with Gasteiger partial charge in [0.25, 0.3) is 0 Å². The molecule has 1 amide bonds. The molecule has 0 radical (unpaired) electrons. The predicted molar refractivity (Wildman–Crippen MR) is 84.0 cm³/mol. The van der Waals surface area contributed by atoms with E-state index < -0.39 is 15.6 Å². The summed E-state index contributed by atoms with van der Waals surface area (Å²) < 4.78 is 27.6. The lowest BCUT2D eigenvalue weighted by molar-refractivity contribution is -0.121. The molecular formula is C12H22ClN5O3S. The van der Waals surface area contributed by atoms with Gasteiger partial charge in [-0.05, 0) is 25.7 Å². The van der Waals surface area contributed by atoms with Gasteiger partial charge in [0.05, 0.1) is 18.3 Å². The summed E-state index contributed by atoms with van der Waals surface area (Å²) >= 11 is 0. The normalized spacial score (nSPS) is 17.4. The highest BCUT2D eigenvalue weighted by Gasteiger charge is 2.41. The molecule has 2 rings (SSSR count). The van der Waals surface area contributed by atoms with Crippen LogP contribution in [0.15, 0.2) is 17.3 Å². The van der Waals surface area contributed by atoms with Crippen LogP contribution in [0, 0.1) is 5.92 Å². The van der Waals surface area contributed by atoms with E-state index in [4.69, 9.17) is 5.73 Å². The number of nitrogens with two attached hydrogens (primary N) is 1. The molecule has 1 unspecified atom stereocenters. The van der Waals surface area contributed by atoms with Gasteiger partial charge in [-0.1, -0.05) is 0 Å². The lowest BCUT2D eigenvalue weighted by Crippen LogP contribution is -2.55. The Labute approximate surface area is 136 Å². The molecule has 1 fully saturated rings. The number of halogens is 1. The number of sulfonamides is 1. The first-order chi connectivity index (χ1) is 9.77. The number of hydrogen-bond donors (Lipinski definition) is 3. The van der Waals surface area contributed by atoms with Crippen LogP contribution in [-0.4, -0.2) is 42.7 Å². The Kier molecular flexibility index (Phi) is 5.96. The summed E-state index contributed by atoms with van der Waals surface area (Å²) in [6.45, 7) is 1.90. The molecule has 1 aliphatic rings. The molecule has 10 heteroatoms. The van der Waals surface area contributed by atoms with E-state index in [-0.39, 0.29) is 29.8 Å². The molecule has 22 heavy (non-hydrogen) atoms. The summed E-state index contributed by atoms with van der Waals surface area (Å²) in [7, 11) is -2.11. The second kappa shape index (κ2) is 6.95. The molecule has 0 saturated heterocycles. The van der Waals surface area contributed by atoms with Gasteiger partial charge in [-0.3, -0.25) is 9.48 Å². The molecule has 0 bridgehead atoms. The van der Waals surface area contributed by atoms with Gasteiger partial charge >= 0.3 is 0 Å². The van der Waals surface area contributed by atoms with Crippen LogP contribution < -0.4 is 15.8 Å². The van der Waals surface area contributed by atoms with E-state index in [1.807, 2.05) is 6.92 Å². The van der Waals surface area contributed by atoms with E-state index >= 15 is 0 Å². The van der Waals surface area contributed by atoms with Crippen molar-refractivity contribution >= 4 is 28.3 Å². The number of aryl methyl sites for hydroxylation is 1. The lowest BCUT2D eigenvalue weighted by Gasteiger charge is -2.29. The molecular weight excluding hydrogens is 330 g/mol. The third kappa shape index (κ3) is 4.42. The number of carbonyl (C=O) groups excluding carboxylic acids is 1. The van der Waals surface area contributed by atoms with Crippen molar-refractivity contribution in [2.75, 3.05) is 13.1 Å². The Balaban J connectivity index is 0.00000242. The fourth-order valence-corrected chi connectivity index (χ4v) is 3.15. The largest absolute Gasteiger partial charge is 0.348 e. The van der Waals surface area contributed by atoms with E-state index in [0.717, 1.165) is 12.8 Å². The molecule has 1 heterocycles. The van der Waals surface area contributed by atoms with Crippen molar-refractivity contribution in [1.29, 1.82) is 0 Å². The summed E-state index contributed by atoms with van der Waals surface area (Å²) in [5, 5.41) is 6.62. The van der Waals surface area contributed by atoms with Gasteiger partial charge in [0.1, 0.15) is 4.90 Å². The minimum absolute atomic E-state index is 0. The standard InChI is InChI=1S/C12H21N5O3S.ClH/c1-12(8-13,9-3-4-9)16-11(18)6-15-21(19,20)10-5-14-17(2)7-10;/h5,7,9,15H,3-4,6,8,13H2,1-2H3,(H,16,18);1H.